The zero-order valence-electron chi connectivity index (χ0n) is 13.0. The van der Waals surface area contributed by atoms with Crippen molar-refractivity contribution in [3.8, 4) is 0 Å². The highest BCUT2D eigenvalue weighted by molar-refractivity contribution is 6.53. The van der Waals surface area contributed by atoms with Crippen molar-refractivity contribution in [2.24, 2.45) is 0 Å². The van der Waals surface area contributed by atoms with Gasteiger partial charge in [0, 0.05) is 13.2 Å². The lowest BCUT2D eigenvalue weighted by molar-refractivity contribution is -0.00506. The number of rotatable bonds is 12. The van der Waals surface area contributed by atoms with Crippen LogP contribution in [0.5, 0.6) is 0 Å². The molecule has 5 nitrogen and oxygen atoms in total. The summed E-state index contributed by atoms with van der Waals surface area (Å²) in [5, 5.41) is 1.14. The monoisotopic (exact) mass is 303 g/mol. The van der Waals surface area contributed by atoms with Crippen LogP contribution >= 0.6 is 0 Å². The summed E-state index contributed by atoms with van der Waals surface area (Å²) in [4.78, 5) is 0. The van der Waals surface area contributed by atoms with Gasteiger partial charge in [0.15, 0.2) is 0 Å². The molecule has 1 aliphatic heterocycles. The van der Waals surface area contributed by atoms with Crippen molar-refractivity contribution in [3.05, 3.63) is 11.3 Å². The van der Waals surface area contributed by atoms with Crippen LogP contribution in [0.1, 0.15) is 27.7 Å². The first-order valence-corrected chi connectivity index (χ1v) is 8.59. The molecule has 0 amide bonds. The van der Waals surface area contributed by atoms with Crippen molar-refractivity contribution in [2.45, 2.75) is 39.9 Å². The van der Waals surface area contributed by atoms with Crippen LogP contribution in [0.4, 0.5) is 0 Å². The average molecular weight is 303 g/mol. The summed E-state index contributed by atoms with van der Waals surface area (Å²) in [5.41, 5.74) is 0. The second-order valence-corrected chi connectivity index (χ2v) is 6.62. The standard InChI is InChI=1S/C14H27O5Si/c1-5-18-20(19-6-2)13(4)7-8-15-9-12(3)16-10-14-11-17-14/h7,12,14H,5-6,8-11H2,1-4H3. The predicted molar refractivity (Wildman–Crippen MR) is 78.7 cm³/mol. The van der Waals surface area contributed by atoms with E-state index in [1.807, 2.05) is 33.8 Å². The molecule has 1 rings (SSSR count). The third-order valence-corrected chi connectivity index (χ3v) is 4.65. The maximum absolute atomic E-state index is 5.61. The lowest BCUT2D eigenvalue weighted by Crippen LogP contribution is -2.25. The minimum absolute atomic E-state index is 0.0940. The molecule has 0 aromatic rings. The Bertz CT molecular complexity index is 275. The van der Waals surface area contributed by atoms with E-state index in [0.717, 1.165) is 11.8 Å². The summed E-state index contributed by atoms with van der Waals surface area (Å²) < 4.78 is 27.5. The summed E-state index contributed by atoms with van der Waals surface area (Å²) in [6, 6.07) is 0. The number of ether oxygens (including phenoxy) is 3. The van der Waals surface area contributed by atoms with Gasteiger partial charge in [0.2, 0.25) is 0 Å². The minimum atomic E-state index is -1.30. The third kappa shape index (κ3) is 8.14. The minimum Gasteiger partial charge on any atom is -0.390 e. The first kappa shape index (κ1) is 17.8. The van der Waals surface area contributed by atoms with Crippen molar-refractivity contribution in [1.82, 2.24) is 0 Å². The Labute approximate surface area is 124 Å². The molecule has 0 aromatic heterocycles. The van der Waals surface area contributed by atoms with Gasteiger partial charge >= 0.3 is 9.28 Å². The molecular formula is C14H27O5Si. The van der Waals surface area contributed by atoms with Crippen molar-refractivity contribution in [1.29, 1.82) is 0 Å². The summed E-state index contributed by atoms with van der Waals surface area (Å²) in [6.07, 6.45) is 2.44. The quantitative estimate of drug-likeness (QED) is 0.313. The van der Waals surface area contributed by atoms with Crippen LogP contribution in [0, 0.1) is 0 Å². The topological polar surface area (TPSA) is 49.5 Å². The molecule has 1 fully saturated rings. The molecule has 2 unspecified atom stereocenters. The van der Waals surface area contributed by atoms with E-state index in [9.17, 15) is 0 Å². The first-order valence-electron chi connectivity index (χ1n) is 7.27. The normalized spacial score (nSPS) is 20.4. The first-order chi connectivity index (χ1) is 9.67. The van der Waals surface area contributed by atoms with E-state index < -0.39 is 9.28 Å². The van der Waals surface area contributed by atoms with Gasteiger partial charge in [-0.1, -0.05) is 6.08 Å². The molecule has 1 aliphatic rings. The molecule has 20 heavy (non-hydrogen) atoms. The van der Waals surface area contributed by atoms with Crippen LogP contribution in [-0.2, 0) is 23.1 Å². The van der Waals surface area contributed by atoms with Gasteiger partial charge in [0.1, 0.15) is 6.10 Å². The van der Waals surface area contributed by atoms with E-state index in [1.54, 1.807) is 0 Å². The molecule has 6 heteroatoms. The molecular weight excluding hydrogens is 276 g/mol. The van der Waals surface area contributed by atoms with E-state index >= 15 is 0 Å². The van der Waals surface area contributed by atoms with Gasteiger partial charge in [0.05, 0.1) is 32.5 Å². The van der Waals surface area contributed by atoms with Gasteiger partial charge in [-0.25, -0.2) is 0 Å². The fourth-order valence-electron chi connectivity index (χ4n) is 1.52. The molecule has 0 saturated carbocycles. The number of epoxide rings is 1. The Morgan fingerprint density at radius 3 is 2.55 bits per heavy atom. The van der Waals surface area contributed by atoms with Gasteiger partial charge in [-0.2, -0.15) is 0 Å². The Kier molecular flexibility index (Phi) is 9.33. The zero-order valence-corrected chi connectivity index (χ0v) is 14.0. The Morgan fingerprint density at radius 1 is 1.35 bits per heavy atom. The predicted octanol–water partition coefficient (Wildman–Crippen LogP) is 1.85. The van der Waals surface area contributed by atoms with Crippen molar-refractivity contribution >= 4 is 9.28 Å². The lowest BCUT2D eigenvalue weighted by Gasteiger charge is -2.14. The molecule has 2 atom stereocenters. The van der Waals surface area contributed by atoms with Crippen LogP contribution in [-0.4, -0.2) is 61.1 Å². The van der Waals surface area contributed by atoms with Gasteiger partial charge < -0.3 is 23.1 Å². The van der Waals surface area contributed by atoms with E-state index in [1.165, 1.54) is 0 Å². The van der Waals surface area contributed by atoms with Crippen LogP contribution < -0.4 is 0 Å². The highest BCUT2D eigenvalue weighted by atomic mass is 28.3. The smallest absolute Gasteiger partial charge is 0.390 e. The number of hydrogen-bond donors (Lipinski definition) is 0. The highest BCUT2D eigenvalue weighted by Gasteiger charge is 2.23. The average Bonchev–Trinajstić information content (AvgIpc) is 3.25. The van der Waals surface area contributed by atoms with Crippen molar-refractivity contribution in [2.75, 3.05) is 39.6 Å². The zero-order chi connectivity index (χ0) is 14.8. The Hall–Kier alpha value is -0.243. The van der Waals surface area contributed by atoms with Gasteiger partial charge in [0.25, 0.3) is 0 Å². The van der Waals surface area contributed by atoms with Gasteiger partial charge in [-0.3, -0.25) is 0 Å². The Balaban J connectivity index is 2.13. The number of allylic oxidation sites excluding steroid dienone is 1. The van der Waals surface area contributed by atoms with Gasteiger partial charge in [-0.05, 0) is 32.9 Å². The molecule has 1 radical (unpaired) electrons. The van der Waals surface area contributed by atoms with E-state index in [-0.39, 0.29) is 6.10 Å². The summed E-state index contributed by atoms with van der Waals surface area (Å²) in [6.45, 7) is 12.0. The van der Waals surface area contributed by atoms with E-state index in [4.69, 9.17) is 23.1 Å². The molecule has 0 aromatic carbocycles. The molecule has 0 bridgehead atoms. The van der Waals surface area contributed by atoms with Crippen molar-refractivity contribution < 1.29 is 23.1 Å². The second-order valence-electron chi connectivity index (χ2n) is 4.68. The molecule has 117 valence electrons. The molecule has 1 saturated heterocycles. The largest absolute Gasteiger partial charge is 0.418 e. The molecule has 0 N–H and O–H groups in total. The maximum atomic E-state index is 5.61. The van der Waals surface area contributed by atoms with Crippen LogP contribution in [0.25, 0.3) is 0 Å². The molecule has 1 heterocycles. The number of hydrogen-bond acceptors (Lipinski definition) is 5. The SMILES string of the molecule is CCO[Si](OCC)C(C)=CCOCC(C)OCC1CO1. The van der Waals surface area contributed by atoms with E-state index in [2.05, 4.69) is 0 Å². The van der Waals surface area contributed by atoms with Crippen LogP contribution in [0.15, 0.2) is 11.3 Å². The van der Waals surface area contributed by atoms with E-state index in [0.29, 0.717) is 39.1 Å². The Morgan fingerprint density at radius 2 is 2.00 bits per heavy atom. The fourth-order valence-corrected chi connectivity index (χ4v) is 2.83. The summed E-state index contributed by atoms with van der Waals surface area (Å²) >= 11 is 0. The fraction of sp³-hybridized carbons (Fsp3) is 0.857. The van der Waals surface area contributed by atoms with Gasteiger partial charge in [-0.15, -0.1) is 0 Å². The van der Waals surface area contributed by atoms with Crippen molar-refractivity contribution in [3.63, 3.8) is 0 Å². The second kappa shape index (κ2) is 10.5. The summed E-state index contributed by atoms with van der Waals surface area (Å²) in [5.74, 6) is 0. The molecule has 0 aliphatic carbocycles. The van der Waals surface area contributed by atoms with Crippen LogP contribution in [0.3, 0.4) is 0 Å². The maximum Gasteiger partial charge on any atom is 0.418 e. The summed E-state index contributed by atoms with van der Waals surface area (Å²) in [7, 11) is -1.30. The van der Waals surface area contributed by atoms with Crippen LogP contribution in [0.2, 0.25) is 0 Å². The molecule has 0 spiro atoms. The lowest BCUT2D eigenvalue weighted by atomic mass is 10.4. The third-order valence-electron chi connectivity index (χ3n) is 2.70. The highest BCUT2D eigenvalue weighted by Crippen LogP contribution is 2.10.